The van der Waals surface area contributed by atoms with Crippen LogP contribution in [0.3, 0.4) is 0 Å². The largest absolute Gasteiger partial charge is 0.465 e. The van der Waals surface area contributed by atoms with Crippen LogP contribution in [-0.4, -0.2) is 29.0 Å². The number of esters is 1. The Balaban J connectivity index is 2.33. The molecule has 1 heterocycles. The summed E-state index contributed by atoms with van der Waals surface area (Å²) in [5, 5.41) is 14.3. The average molecular weight is 275 g/mol. The number of aromatic nitrogens is 1. The first-order chi connectivity index (χ1) is 9.63. The van der Waals surface area contributed by atoms with Crippen LogP contribution in [-0.2, 0) is 9.53 Å². The van der Waals surface area contributed by atoms with Crippen molar-refractivity contribution in [2.24, 2.45) is 0 Å². The summed E-state index contributed by atoms with van der Waals surface area (Å²) in [5.41, 5.74) is 0.986. The Morgan fingerprint density at radius 1 is 1.45 bits per heavy atom. The number of carbonyl (C=O) groups is 1. The van der Waals surface area contributed by atoms with Crippen molar-refractivity contribution >= 4 is 28.2 Å². The van der Waals surface area contributed by atoms with Gasteiger partial charge in [-0.2, -0.15) is 0 Å². The Morgan fingerprint density at radius 2 is 2.25 bits per heavy atom. The van der Waals surface area contributed by atoms with Crippen LogP contribution in [0.4, 0.5) is 11.4 Å². The highest BCUT2D eigenvalue weighted by Crippen LogP contribution is 2.29. The number of nitro benzene ring substituents is 1. The van der Waals surface area contributed by atoms with Crippen molar-refractivity contribution in [1.29, 1.82) is 0 Å². The molecule has 0 atom stereocenters. The van der Waals surface area contributed by atoms with Gasteiger partial charge in [0, 0.05) is 12.3 Å². The van der Waals surface area contributed by atoms with E-state index >= 15 is 0 Å². The number of carbonyl (C=O) groups excluding carboxylic acids is 1. The molecule has 1 aromatic heterocycles. The molecule has 0 unspecified atom stereocenters. The maximum absolute atomic E-state index is 11.3. The SMILES string of the molecule is CCOC(=O)CNc1ccc([N+](=O)[O-])c2cccnc12. The molecule has 20 heavy (non-hydrogen) atoms. The van der Waals surface area contributed by atoms with Gasteiger partial charge in [-0.1, -0.05) is 0 Å². The van der Waals surface area contributed by atoms with Gasteiger partial charge in [-0.15, -0.1) is 0 Å². The van der Waals surface area contributed by atoms with Crippen LogP contribution in [0, 0.1) is 10.1 Å². The summed E-state index contributed by atoms with van der Waals surface area (Å²) in [4.78, 5) is 25.9. The summed E-state index contributed by atoms with van der Waals surface area (Å²) in [7, 11) is 0. The van der Waals surface area contributed by atoms with Crippen LogP contribution in [0.15, 0.2) is 30.5 Å². The third kappa shape index (κ3) is 2.82. The summed E-state index contributed by atoms with van der Waals surface area (Å²) in [5.74, 6) is -0.394. The number of fused-ring (bicyclic) bond motifs is 1. The molecule has 0 fully saturated rings. The Bertz CT molecular complexity index is 657. The van der Waals surface area contributed by atoms with Gasteiger partial charge in [-0.25, -0.2) is 0 Å². The Kier molecular flexibility index (Phi) is 4.09. The highest BCUT2D eigenvalue weighted by molar-refractivity contribution is 5.97. The molecule has 1 aromatic carbocycles. The number of ether oxygens (including phenoxy) is 1. The van der Waals surface area contributed by atoms with Gasteiger partial charge in [0.2, 0.25) is 0 Å². The summed E-state index contributed by atoms with van der Waals surface area (Å²) in [6.45, 7) is 2.01. The van der Waals surface area contributed by atoms with Crippen molar-refractivity contribution in [2.45, 2.75) is 6.92 Å². The number of hydrogen-bond donors (Lipinski definition) is 1. The third-order valence-electron chi connectivity index (χ3n) is 2.67. The topological polar surface area (TPSA) is 94.4 Å². The van der Waals surface area contributed by atoms with E-state index in [0.29, 0.717) is 23.2 Å². The number of nitrogens with one attached hydrogen (secondary N) is 1. The normalized spacial score (nSPS) is 10.2. The summed E-state index contributed by atoms with van der Waals surface area (Å²) in [6.07, 6.45) is 1.54. The van der Waals surface area contributed by atoms with Crippen LogP contribution in [0.5, 0.6) is 0 Å². The van der Waals surface area contributed by atoms with E-state index in [0.717, 1.165) is 0 Å². The van der Waals surface area contributed by atoms with Gasteiger partial charge < -0.3 is 10.1 Å². The molecule has 2 rings (SSSR count). The summed E-state index contributed by atoms with van der Waals surface area (Å²) in [6, 6.07) is 6.17. The molecule has 2 aromatic rings. The summed E-state index contributed by atoms with van der Waals surface area (Å²) >= 11 is 0. The van der Waals surface area contributed by atoms with E-state index in [-0.39, 0.29) is 12.2 Å². The van der Waals surface area contributed by atoms with E-state index in [9.17, 15) is 14.9 Å². The quantitative estimate of drug-likeness (QED) is 0.510. The van der Waals surface area contributed by atoms with Gasteiger partial charge in [-0.3, -0.25) is 19.9 Å². The number of nitrogens with zero attached hydrogens (tertiary/aromatic N) is 2. The first-order valence-electron chi connectivity index (χ1n) is 6.05. The molecule has 7 heteroatoms. The molecule has 0 saturated heterocycles. The lowest BCUT2D eigenvalue weighted by atomic mass is 10.1. The van der Waals surface area contributed by atoms with Crippen molar-refractivity contribution in [3.63, 3.8) is 0 Å². The smallest absolute Gasteiger partial charge is 0.325 e. The van der Waals surface area contributed by atoms with Gasteiger partial charge in [0.15, 0.2) is 0 Å². The lowest BCUT2D eigenvalue weighted by molar-refractivity contribution is -0.383. The number of pyridine rings is 1. The van der Waals surface area contributed by atoms with Crippen LogP contribution >= 0.6 is 0 Å². The molecule has 0 aliphatic rings. The first-order valence-corrected chi connectivity index (χ1v) is 6.05. The molecule has 0 saturated carbocycles. The Labute approximate surface area is 114 Å². The van der Waals surface area contributed by atoms with E-state index in [1.54, 1.807) is 25.3 Å². The van der Waals surface area contributed by atoms with Gasteiger partial charge in [0.05, 0.1) is 22.6 Å². The van der Waals surface area contributed by atoms with E-state index in [1.807, 2.05) is 0 Å². The van der Waals surface area contributed by atoms with Crippen molar-refractivity contribution in [1.82, 2.24) is 4.98 Å². The van der Waals surface area contributed by atoms with Gasteiger partial charge in [0.25, 0.3) is 5.69 Å². The lowest BCUT2D eigenvalue weighted by Gasteiger charge is -2.08. The maximum Gasteiger partial charge on any atom is 0.325 e. The van der Waals surface area contributed by atoms with E-state index in [2.05, 4.69) is 10.3 Å². The van der Waals surface area contributed by atoms with Crippen molar-refractivity contribution in [3.05, 3.63) is 40.6 Å². The number of anilines is 1. The van der Waals surface area contributed by atoms with E-state index < -0.39 is 10.9 Å². The number of non-ortho nitro benzene ring substituents is 1. The fourth-order valence-corrected chi connectivity index (χ4v) is 1.84. The van der Waals surface area contributed by atoms with Crippen LogP contribution in [0.1, 0.15) is 6.92 Å². The standard InChI is InChI=1S/C13H13N3O4/c1-2-20-12(17)8-15-10-5-6-11(16(18)19)9-4-3-7-14-13(9)10/h3-7,15H,2,8H2,1H3. The van der Waals surface area contributed by atoms with E-state index in [1.165, 1.54) is 12.1 Å². The first kappa shape index (κ1) is 13.7. The van der Waals surface area contributed by atoms with Gasteiger partial charge in [-0.05, 0) is 25.1 Å². The molecular formula is C13H13N3O4. The molecule has 104 valence electrons. The maximum atomic E-state index is 11.3. The molecule has 1 N–H and O–H groups in total. The number of nitro groups is 1. The minimum Gasteiger partial charge on any atom is -0.465 e. The molecule has 7 nitrogen and oxygen atoms in total. The zero-order valence-electron chi connectivity index (χ0n) is 10.8. The number of rotatable bonds is 5. The van der Waals surface area contributed by atoms with E-state index in [4.69, 9.17) is 4.74 Å². The summed E-state index contributed by atoms with van der Waals surface area (Å²) < 4.78 is 4.81. The predicted molar refractivity (Wildman–Crippen MR) is 73.5 cm³/mol. The average Bonchev–Trinajstić information content (AvgIpc) is 2.44. The van der Waals surface area contributed by atoms with Crippen LogP contribution in [0.2, 0.25) is 0 Å². The Hall–Kier alpha value is -2.70. The molecular weight excluding hydrogens is 262 g/mol. The van der Waals surface area contributed by atoms with Gasteiger partial charge in [0.1, 0.15) is 12.1 Å². The van der Waals surface area contributed by atoms with Crippen LogP contribution in [0.25, 0.3) is 10.9 Å². The number of benzene rings is 1. The van der Waals surface area contributed by atoms with Crippen molar-refractivity contribution in [3.8, 4) is 0 Å². The fraction of sp³-hybridized carbons (Fsp3) is 0.231. The minimum absolute atomic E-state index is 0.0165. The third-order valence-corrected chi connectivity index (χ3v) is 2.67. The lowest BCUT2D eigenvalue weighted by Crippen LogP contribution is -2.17. The second-order valence-corrected chi connectivity index (χ2v) is 3.95. The molecule has 0 amide bonds. The van der Waals surface area contributed by atoms with Crippen LogP contribution < -0.4 is 5.32 Å². The second kappa shape index (κ2) is 5.96. The zero-order valence-corrected chi connectivity index (χ0v) is 10.8. The highest BCUT2D eigenvalue weighted by Gasteiger charge is 2.15. The fourth-order valence-electron chi connectivity index (χ4n) is 1.84. The van der Waals surface area contributed by atoms with Crippen molar-refractivity contribution in [2.75, 3.05) is 18.5 Å². The molecule has 0 spiro atoms. The Morgan fingerprint density at radius 3 is 2.95 bits per heavy atom. The molecule has 0 aliphatic heterocycles. The monoisotopic (exact) mass is 275 g/mol. The number of hydrogen-bond acceptors (Lipinski definition) is 6. The zero-order chi connectivity index (χ0) is 14.5. The predicted octanol–water partition coefficient (Wildman–Crippen LogP) is 2.12. The highest BCUT2D eigenvalue weighted by atomic mass is 16.6. The second-order valence-electron chi connectivity index (χ2n) is 3.95. The molecule has 0 bridgehead atoms. The van der Waals surface area contributed by atoms with Gasteiger partial charge >= 0.3 is 5.97 Å². The van der Waals surface area contributed by atoms with Crippen molar-refractivity contribution < 1.29 is 14.5 Å². The minimum atomic E-state index is -0.459. The molecule has 0 radical (unpaired) electrons. The molecule has 0 aliphatic carbocycles.